The first-order chi connectivity index (χ1) is 8.73. The molecule has 3 nitrogen and oxygen atoms in total. The molecule has 1 aromatic heterocycles. The summed E-state index contributed by atoms with van der Waals surface area (Å²) in [7, 11) is 0. The van der Waals surface area contributed by atoms with Gasteiger partial charge >= 0.3 is 0 Å². The van der Waals surface area contributed by atoms with Crippen molar-refractivity contribution in [1.29, 1.82) is 0 Å². The van der Waals surface area contributed by atoms with Crippen LogP contribution >= 0.6 is 11.3 Å². The zero-order valence-electron chi connectivity index (χ0n) is 12.2. The molecule has 102 valence electrons. The third kappa shape index (κ3) is 1.73. The van der Waals surface area contributed by atoms with Crippen LogP contribution in [0.5, 0.6) is 0 Å². The first kappa shape index (κ1) is 12.7. The fourth-order valence-electron chi connectivity index (χ4n) is 2.94. The quantitative estimate of drug-likeness (QED) is 0.813. The number of fused-ring (bicyclic) bond motifs is 1. The van der Waals surface area contributed by atoms with Gasteiger partial charge in [0, 0.05) is 6.04 Å². The van der Waals surface area contributed by atoms with Gasteiger partial charge in [-0.3, -0.25) is 0 Å². The molecule has 1 heterocycles. The van der Waals surface area contributed by atoms with Gasteiger partial charge in [-0.2, -0.15) is 0 Å². The number of rotatable bonds is 2. The topological polar surface area (TPSA) is 50.9 Å². The average molecular weight is 275 g/mol. The molecule has 1 fully saturated rings. The Morgan fingerprint density at radius 2 is 1.84 bits per heavy atom. The van der Waals surface area contributed by atoms with Crippen LogP contribution in [0.2, 0.25) is 0 Å². The lowest BCUT2D eigenvalue weighted by Crippen LogP contribution is -2.11. The summed E-state index contributed by atoms with van der Waals surface area (Å²) in [6, 6.07) is 4.57. The second-order valence-electron chi connectivity index (χ2n) is 6.66. The number of nitrogens with one attached hydrogen (secondary N) is 1. The molecule has 1 aliphatic rings. The van der Waals surface area contributed by atoms with E-state index in [1.807, 2.05) is 13.0 Å². The van der Waals surface area contributed by atoms with Crippen molar-refractivity contribution in [3.63, 3.8) is 0 Å². The summed E-state index contributed by atoms with van der Waals surface area (Å²) in [5, 5.41) is 4.69. The predicted molar refractivity (Wildman–Crippen MR) is 83.7 cm³/mol. The highest BCUT2D eigenvalue weighted by Gasteiger charge is 2.65. The molecule has 1 aliphatic carbocycles. The van der Waals surface area contributed by atoms with E-state index in [0.29, 0.717) is 16.9 Å². The Morgan fingerprint density at radius 1 is 1.21 bits per heavy atom. The zero-order chi connectivity index (χ0) is 14.0. The van der Waals surface area contributed by atoms with Gasteiger partial charge in [-0.1, -0.05) is 27.7 Å². The summed E-state index contributed by atoms with van der Waals surface area (Å²) in [6.07, 6.45) is 0. The van der Waals surface area contributed by atoms with E-state index in [-0.39, 0.29) is 0 Å². The highest BCUT2D eigenvalue weighted by Crippen LogP contribution is 2.64. The van der Waals surface area contributed by atoms with Crippen molar-refractivity contribution < 1.29 is 0 Å². The van der Waals surface area contributed by atoms with Crippen molar-refractivity contribution >= 4 is 32.9 Å². The average Bonchev–Trinajstić information content (AvgIpc) is 2.59. The van der Waals surface area contributed by atoms with E-state index in [9.17, 15) is 0 Å². The number of aryl methyl sites for hydroxylation is 1. The second-order valence-corrected chi connectivity index (χ2v) is 7.90. The maximum Gasteiger partial charge on any atom is 0.0907 e. The molecule has 3 rings (SSSR count). The maximum atomic E-state index is 6.17. The Labute approximate surface area is 118 Å². The summed E-state index contributed by atoms with van der Waals surface area (Å²) in [5.74, 6) is 0. The number of anilines is 2. The standard InChI is InChI=1S/C15H21N3S/c1-8-17-11-7-10(9(16)6-12(11)19-8)18-13-14(2,3)15(13,4)5/h6-7,13,18H,16H2,1-5H3. The minimum atomic E-state index is 0.298. The third-order valence-corrected chi connectivity index (χ3v) is 5.92. The van der Waals surface area contributed by atoms with Crippen LogP contribution in [0.3, 0.4) is 0 Å². The van der Waals surface area contributed by atoms with E-state index >= 15 is 0 Å². The lowest BCUT2D eigenvalue weighted by atomic mass is 10.0. The highest BCUT2D eigenvalue weighted by atomic mass is 32.1. The van der Waals surface area contributed by atoms with Crippen LogP contribution in [0.15, 0.2) is 12.1 Å². The largest absolute Gasteiger partial charge is 0.397 e. The van der Waals surface area contributed by atoms with Gasteiger partial charge in [0.25, 0.3) is 0 Å². The van der Waals surface area contributed by atoms with Crippen LogP contribution in [0.25, 0.3) is 10.2 Å². The van der Waals surface area contributed by atoms with Gasteiger partial charge in [0.2, 0.25) is 0 Å². The summed E-state index contributed by atoms with van der Waals surface area (Å²) < 4.78 is 1.16. The molecule has 1 saturated carbocycles. The van der Waals surface area contributed by atoms with E-state index in [1.165, 1.54) is 0 Å². The Balaban J connectivity index is 1.96. The number of nitrogens with zero attached hydrogens (tertiary/aromatic N) is 1. The number of benzene rings is 1. The molecule has 0 unspecified atom stereocenters. The van der Waals surface area contributed by atoms with Crippen LogP contribution in [-0.4, -0.2) is 11.0 Å². The van der Waals surface area contributed by atoms with Crippen LogP contribution < -0.4 is 11.1 Å². The van der Waals surface area contributed by atoms with Crippen molar-refractivity contribution in [2.24, 2.45) is 10.8 Å². The Morgan fingerprint density at radius 3 is 2.42 bits per heavy atom. The molecule has 0 saturated heterocycles. The minimum absolute atomic E-state index is 0.298. The molecule has 3 N–H and O–H groups in total. The van der Waals surface area contributed by atoms with E-state index in [1.54, 1.807) is 11.3 Å². The first-order valence-corrected chi connectivity index (χ1v) is 7.48. The van der Waals surface area contributed by atoms with Crippen LogP contribution in [-0.2, 0) is 0 Å². The third-order valence-electron chi connectivity index (χ3n) is 4.99. The van der Waals surface area contributed by atoms with Crippen molar-refractivity contribution in [1.82, 2.24) is 4.98 Å². The molecule has 0 amide bonds. The summed E-state index contributed by atoms with van der Waals surface area (Å²) >= 11 is 1.69. The summed E-state index contributed by atoms with van der Waals surface area (Å²) in [6.45, 7) is 11.2. The van der Waals surface area contributed by atoms with Crippen LogP contribution in [0.4, 0.5) is 11.4 Å². The predicted octanol–water partition coefficient (Wildman–Crippen LogP) is 4.03. The SMILES string of the molecule is Cc1nc2cc(NC3C(C)(C)C3(C)C)c(N)cc2s1. The van der Waals surface area contributed by atoms with Crippen molar-refractivity contribution in [2.45, 2.75) is 40.7 Å². The molecule has 0 aliphatic heterocycles. The van der Waals surface area contributed by atoms with Gasteiger partial charge < -0.3 is 11.1 Å². The molecule has 0 spiro atoms. The molecule has 1 aromatic carbocycles. The monoisotopic (exact) mass is 275 g/mol. The van der Waals surface area contributed by atoms with Gasteiger partial charge in [-0.25, -0.2) is 4.98 Å². The fourth-order valence-corrected chi connectivity index (χ4v) is 3.80. The van der Waals surface area contributed by atoms with Gasteiger partial charge in [0.1, 0.15) is 0 Å². The van der Waals surface area contributed by atoms with E-state index in [0.717, 1.165) is 26.6 Å². The zero-order valence-corrected chi connectivity index (χ0v) is 13.0. The Kier molecular flexibility index (Phi) is 2.43. The number of nitrogens with two attached hydrogens (primary N) is 1. The van der Waals surface area contributed by atoms with E-state index < -0.39 is 0 Å². The number of thiazole rings is 1. The highest BCUT2D eigenvalue weighted by molar-refractivity contribution is 7.18. The summed E-state index contributed by atoms with van der Waals surface area (Å²) in [5.41, 5.74) is 9.63. The molecule has 0 atom stereocenters. The number of hydrogen-bond donors (Lipinski definition) is 2. The second kappa shape index (κ2) is 3.63. The van der Waals surface area contributed by atoms with Crippen LogP contribution in [0, 0.1) is 17.8 Å². The van der Waals surface area contributed by atoms with Crippen molar-refractivity contribution in [3.05, 3.63) is 17.1 Å². The van der Waals surface area contributed by atoms with Gasteiger partial charge in [-0.15, -0.1) is 11.3 Å². The molecule has 0 bridgehead atoms. The number of nitrogen functional groups attached to an aromatic ring is 1. The van der Waals surface area contributed by atoms with E-state index in [2.05, 4.69) is 44.1 Å². The molecule has 4 heteroatoms. The number of hydrogen-bond acceptors (Lipinski definition) is 4. The van der Waals surface area contributed by atoms with Gasteiger partial charge in [-0.05, 0) is 29.9 Å². The van der Waals surface area contributed by atoms with Gasteiger partial charge in [0.05, 0.1) is 26.6 Å². The van der Waals surface area contributed by atoms with Gasteiger partial charge in [0.15, 0.2) is 0 Å². The summed E-state index contributed by atoms with van der Waals surface area (Å²) in [4.78, 5) is 4.54. The molecule has 0 radical (unpaired) electrons. The van der Waals surface area contributed by atoms with Crippen molar-refractivity contribution in [2.75, 3.05) is 11.1 Å². The molecular formula is C15H21N3S. The maximum absolute atomic E-state index is 6.17. The van der Waals surface area contributed by atoms with E-state index in [4.69, 9.17) is 5.73 Å². The lowest BCUT2D eigenvalue weighted by molar-refractivity contribution is 0.457. The normalized spacial score (nSPS) is 20.7. The smallest absolute Gasteiger partial charge is 0.0907 e. The molecule has 2 aromatic rings. The molecule has 19 heavy (non-hydrogen) atoms. The Hall–Kier alpha value is -1.29. The van der Waals surface area contributed by atoms with Crippen molar-refractivity contribution in [3.8, 4) is 0 Å². The molecular weight excluding hydrogens is 254 g/mol. The van der Waals surface area contributed by atoms with Crippen LogP contribution in [0.1, 0.15) is 32.7 Å². The fraction of sp³-hybridized carbons (Fsp3) is 0.533. The first-order valence-electron chi connectivity index (χ1n) is 6.66. The number of aromatic nitrogens is 1. The minimum Gasteiger partial charge on any atom is -0.397 e. The Bertz CT molecular complexity index is 641. The lowest BCUT2D eigenvalue weighted by Gasteiger charge is -2.11.